The van der Waals surface area contributed by atoms with Crippen LogP contribution in [-0.2, 0) is 14.4 Å². The molecule has 1 aliphatic heterocycles. The Balaban J connectivity index is 1.69. The number of para-hydroxylation sites is 1. The summed E-state index contributed by atoms with van der Waals surface area (Å²) >= 11 is 0. The molecule has 1 atom stereocenters. The Hall–Kier alpha value is -3.66. The number of rotatable bonds is 4. The Morgan fingerprint density at radius 3 is 2.48 bits per heavy atom. The van der Waals surface area contributed by atoms with Gasteiger partial charge in [-0.05, 0) is 36.4 Å². The monoisotopic (exact) mass is 362 g/mol. The standard InChI is InChI=1S/C20H18N4O3/c1-13(25)22-16-6-8-17(9-7-16)24-12-15(10-19(24)26)20(27)23-18-5-3-2-4-14(18)11-21/h2-9,15H,10,12H2,1H3,(H,22,25)(H,23,27). The van der Waals surface area contributed by atoms with E-state index in [4.69, 9.17) is 5.26 Å². The third-order valence-corrected chi connectivity index (χ3v) is 4.30. The first-order chi connectivity index (χ1) is 13.0. The molecule has 3 amide bonds. The molecule has 0 spiro atoms. The molecule has 7 heteroatoms. The van der Waals surface area contributed by atoms with Crippen LogP contribution in [0.5, 0.6) is 0 Å². The number of hydrogen-bond donors (Lipinski definition) is 2. The van der Waals surface area contributed by atoms with Crippen LogP contribution in [-0.4, -0.2) is 24.3 Å². The molecular formula is C20H18N4O3. The van der Waals surface area contributed by atoms with E-state index in [1.165, 1.54) is 6.92 Å². The maximum absolute atomic E-state index is 12.5. The minimum absolute atomic E-state index is 0.105. The van der Waals surface area contributed by atoms with Gasteiger partial charge in [-0.15, -0.1) is 0 Å². The lowest BCUT2D eigenvalue weighted by Crippen LogP contribution is -2.28. The second-order valence-corrected chi connectivity index (χ2v) is 6.28. The number of carbonyl (C=O) groups is 3. The molecule has 1 fully saturated rings. The fraction of sp³-hybridized carbons (Fsp3) is 0.200. The van der Waals surface area contributed by atoms with Crippen molar-refractivity contribution in [2.24, 2.45) is 5.92 Å². The predicted octanol–water partition coefficient (Wildman–Crippen LogP) is 2.51. The summed E-state index contributed by atoms with van der Waals surface area (Å²) in [4.78, 5) is 37.5. The van der Waals surface area contributed by atoms with Gasteiger partial charge in [0, 0.05) is 31.3 Å². The molecule has 2 N–H and O–H groups in total. The summed E-state index contributed by atoms with van der Waals surface area (Å²) < 4.78 is 0. The summed E-state index contributed by atoms with van der Waals surface area (Å²) in [5.74, 6) is -1.10. The molecule has 27 heavy (non-hydrogen) atoms. The number of nitriles is 1. The molecule has 0 saturated carbocycles. The first kappa shape index (κ1) is 18.1. The molecule has 2 aromatic rings. The lowest BCUT2D eigenvalue weighted by atomic mass is 10.1. The molecule has 1 unspecified atom stereocenters. The summed E-state index contributed by atoms with van der Waals surface area (Å²) in [7, 11) is 0. The minimum Gasteiger partial charge on any atom is -0.326 e. The molecule has 7 nitrogen and oxygen atoms in total. The van der Waals surface area contributed by atoms with Gasteiger partial charge in [0.25, 0.3) is 0 Å². The normalized spacial score (nSPS) is 15.9. The van der Waals surface area contributed by atoms with E-state index in [9.17, 15) is 14.4 Å². The number of amides is 3. The lowest BCUT2D eigenvalue weighted by molar-refractivity contribution is -0.122. The summed E-state index contributed by atoms with van der Waals surface area (Å²) in [5, 5.41) is 14.5. The summed E-state index contributed by atoms with van der Waals surface area (Å²) in [6, 6.07) is 15.6. The van der Waals surface area contributed by atoms with Gasteiger partial charge in [-0.3, -0.25) is 14.4 Å². The first-order valence-corrected chi connectivity index (χ1v) is 8.46. The first-order valence-electron chi connectivity index (χ1n) is 8.46. The lowest BCUT2D eigenvalue weighted by Gasteiger charge is -2.17. The molecule has 1 saturated heterocycles. The van der Waals surface area contributed by atoms with Gasteiger partial charge in [0.2, 0.25) is 17.7 Å². The predicted molar refractivity (Wildman–Crippen MR) is 101 cm³/mol. The van der Waals surface area contributed by atoms with E-state index in [1.807, 2.05) is 6.07 Å². The highest BCUT2D eigenvalue weighted by Gasteiger charge is 2.35. The Morgan fingerprint density at radius 2 is 1.81 bits per heavy atom. The fourth-order valence-corrected chi connectivity index (χ4v) is 2.99. The van der Waals surface area contributed by atoms with Gasteiger partial charge in [0.1, 0.15) is 6.07 Å². The van der Waals surface area contributed by atoms with Crippen molar-refractivity contribution in [3.05, 3.63) is 54.1 Å². The van der Waals surface area contributed by atoms with Crippen molar-refractivity contribution in [3.63, 3.8) is 0 Å². The highest BCUT2D eigenvalue weighted by Crippen LogP contribution is 2.27. The van der Waals surface area contributed by atoms with Crippen LogP contribution in [0.2, 0.25) is 0 Å². The van der Waals surface area contributed by atoms with E-state index < -0.39 is 5.92 Å². The zero-order chi connectivity index (χ0) is 19.4. The minimum atomic E-state index is -0.501. The van der Waals surface area contributed by atoms with Gasteiger partial charge >= 0.3 is 0 Å². The second kappa shape index (κ2) is 7.70. The van der Waals surface area contributed by atoms with E-state index in [0.717, 1.165) is 0 Å². The number of carbonyl (C=O) groups excluding carboxylic acids is 3. The largest absolute Gasteiger partial charge is 0.326 e. The maximum Gasteiger partial charge on any atom is 0.229 e. The quantitative estimate of drug-likeness (QED) is 0.872. The Labute approximate surface area is 156 Å². The molecule has 1 aliphatic rings. The average Bonchev–Trinajstić information content (AvgIpc) is 3.04. The molecule has 1 heterocycles. The van der Waals surface area contributed by atoms with Gasteiger partial charge < -0.3 is 15.5 Å². The van der Waals surface area contributed by atoms with Crippen LogP contribution in [0.3, 0.4) is 0 Å². The van der Waals surface area contributed by atoms with Crippen LogP contribution in [0.15, 0.2) is 48.5 Å². The van der Waals surface area contributed by atoms with E-state index in [2.05, 4.69) is 10.6 Å². The van der Waals surface area contributed by atoms with Crippen LogP contribution >= 0.6 is 0 Å². The second-order valence-electron chi connectivity index (χ2n) is 6.28. The maximum atomic E-state index is 12.5. The molecule has 3 rings (SSSR count). The fourth-order valence-electron chi connectivity index (χ4n) is 2.99. The van der Waals surface area contributed by atoms with Crippen LogP contribution < -0.4 is 15.5 Å². The summed E-state index contributed by atoms with van der Waals surface area (Å²) in [5.41, 5.74) is 2.12. The Kier molecular flexibility index (Phi) is 5.18. The van der Waals surface area contributed by atoms with E-state index in [0.29, 0.717) is 22.6 Å². The highest BCUT2D eigenvalue weighted by atomic mass is 16.2. The van der Waals surface area contributed by atoms with Gasteiger partial charge in [0.15, 0.2) is 0 Å². The molecule has 2 aromatic carbocycles. The zero-order valence-corrected chi connectivity index (χ0v) is 14.7. The number of benzene rings is 2. The summed E-state index contributed by atoms with van der Waals surface area (Å²) in [6.07, 6.45) is 0.105. The van der Waals surface area contributed by atoms with Crippen molar-refractivity contribution in [1.82, 2.24) is 0 Å². The van der Waals surface area contributed by atoms with Gasteiger partial charge in [0.05, 0.1) is 17.2 Å². The van der Waals surface area contributed by atoms with Crippen LogP contribution in [0.1, 0.15) is 18.9 Å². The Morgan fingerprint density at radius 1 is 1.11 bits per heavy atom. The van der Waals surface area contributed by atoms with E-state index >= 15 is 0 Å². The molecule has 136 valence electrons. The van der Waals surface area contributed by atoms with Crippen molar-refractivity contribution in [2.45, 2.75) is 13.3 Å². The van der Waals surface area contributed by atoms with Crippen LogP contribution in [0.4, 0.5) is 17.1 Å². The van der Waals surface area contributed by atoms with Crippen LogP contribution in [0, 0.1) is 17.2 Å². The van der Waals surface area contributed by atoms with Gasteiger partial charge in [-0.25, -0.2) is 0 Å². The van der Waals surface area contributed by atoms with Crippen molar-refractivity contribution in [1.29, 1.82) is 5.26 Å². The number of nitrogens with zero attached hydrogens (tertiary/aromatic N) is 2. The smallest absolute Gasteiger partial charge is 0.229 e. The number of hydrogen-bond acceptors (Lipinski definition) is 4. The molecular weight excluding hydrogens is 344 g/mol. The topological polar surface area (TPSA) is 102 Å². The average molecular weight is 362 g/mol. The molecule has 0 aliphatic carbocycles. The number of anilines is 3. The number of nitrogens with one attached hydrogen (secondary N) is 2. The van der Waals surface area contributed by atoms with Gasteiger partial charge in [-0.2, -0.15) is 5.26 Å². The summed E-state index contributed by atoms with van der Waals surface area (Å²) in [6.45, 7) is 1.68. The van der Waals surface area contributed by atoms with Crippen molar-refractivity contribution in [2.75, 3.05) is 22.1 Å². The third kappa shape index (κ3) is 4.12. The highest BCUT2D eigenvalue weighted by molar-refractivity contribution is 6.04. The van der Waals surface area contributed by atoms with Crippen molar-refractivity contribution >= 4 is 34.8 Å². The van der Waals surface area contributed by atoms with E-state index in [-0.39, 0.29) is 30.7 Å². The van der Waals surface area contributed by atoms with Crippen molar-refractivity contribution in [3.8, 4) is 6.07 Å². The molecule has 0 radical (unpaired) electrons. The SMILES string of the molecule is CC(=O)Nc1ccc(N2CC(C(=O)Nc3ccccc3C#N)CC2=O)cc1. The zero-order valence-electron chi connectivity index (χ0n) is 14.7. The molecule has 0 bridgehead atoms. The third-order valence-electron chi connectivity index (χ3n) is 4.30. The van der Waals surface area contributed by atoms with Crippen LogP contribution in [0.25, 0.3) is 0 Å². The van der Waals surface area contributed by atoms with Crippen molar-refractivity contribution < 1.29 is 14.4 Å². The van der Waals surface area contributed by atoms with Gasteiger partial charge in [-0.1, -0.05) is 12.1 Å². The Bertz CT molecular complexity index is 931. The molecule has 0 aromatic heterocycles. The van der Waals surface area contributed by atoms with E-state index in [1.54, 1.807) is 53.4 Å².